The third-order valence-corrected chi connectivity index (χ3v) is 6.10. The van der Waals surface area contributed by atoms with Crippen molar-refractivity contribution in [1.29, 1.82) is 0 Å². The Kier molecular flexibility index (Phi) is 5.13. The van der Waals surface area contributed by atoms with Gasteiger partial charge in [0.05, 0.1) is 24.3 Å². The highest BCUT2D eigenvalue weighted by atomic mass is 79.9. The number of phenolic OH excluding ortho intramolecular Hbond substituents is 1. The molecule has 3 heterocycles. The summed E-state index contributed by atoms with van der Waals surface area (Å²) in [5, 5.41) is 11.8. The van der Waals surface area contributed by atoms with E-state index in [0.29, 0.717) is 41.9 Å². The maximum absolute atomic E-state index is 12.8. The van der Waals surface area contributed by atoms with E-state index in [1.54, 1.807) is 30.3 Å². The van der Waals surface area contributed by atoms with E-state index < -0.39 is 11.3 Å². The van der Waals surface area contributed by atoms with Gasteiger partial charge in [-0.25, -0.2) is 9.59 Å². The lowest BCUT2D eigenvalue weighted by molar-refractivity contribution is -0.921. The van der Waals surface area contributed by atoms with Crippen molar-refractivity contribution < 1.29 is 23.6 Å². The number of ether oxygens (including phenoxy) is 1. The average Bonchev–Trinajstić information content (AvgIpc) is 2.76. The molecule has 31 heavy (non-hydrogen) atoms. The summed E-state index contributed by atoms with van der Waals surface area (Å²) in [5.74, 6) is 0.0567. The molecule has 4 aromatic rings. The molecule has 2 aromatic carbocycles. The fourth-order valence-electron chi connectivity index (χ4n) is 4.03. The minimum atomic E-state index is -0.597. The second-order valence-electron chi connectivity index (χ2n) is 7.59. The molecular weight excluding hydrogens is 466 g/mol. The van der Waals surface area contributed by atoms with Crippen LogP contribution in [-0.2, 0) is 11.3 Å². The molecule has 0 spiro atoms. The number of hydrogen-bond acceptors (Lipinski definition) is 6. The Morgan fingerprint density at radius 3 is 2.58 bits per heavy atom. The van der Waals surface area contributed by atoms with Gasteiger partial charge in [0.2, 0.25) is 0 Å². The van der Waals surface area contributed by atoms with E-state index in [1.807, 2.05) is 6.07 Å². The smallest absolute Gasteiger partial charge is 0.344 e. The van der Waals surface area contributed by atoms with Crippen LogP contribution >= 0.6 is 15.9 Å². The fourth-order valence-corrected chi connectivity index (χ4v) is 4.41. The van der Waals surface area contributed by atoms with Crippen LogP contribution in [0.25, 0.3) is 33.1 Å². The number of benzene rings is 2. The molecule has 158 valence electrons. The number of rotatable bonds is 3. The van der Waals surface area contributed by atoms with Crippen molar-refractivity contribution in [3.05, 3.63) is 73.3 Å². The Labute approximate surface area is 184 Å². The van der Waals surface area contributed by atoms with Crippen LogP contribution in [0.4, 0.5) is 0 Å². The third-order valence-electron chi connectivity index (χ3n) is 5.60. The third kappa shape index (κ3) is 3.78. The largest absolute Gasteiger partial charge is 0.507 e. The highest BCUT2D eigenvalue weighted by Crippen LogP contribution is 2.33. The Hall–Kier alpha value is -2.94. The Morgan fingerprint density at radius 2 is 1.77 bits per heavy atom. The Morgan fingerprint density at radius 1 is 0.968 bits per heavy atom. The summed E-state index contributed by atoms with van der Waals surface area (Å²) in [6, 6.07) is 11.6. The number of morpholine rings is 1. The quantitative estimate of drug-likeness (QED) is 0.433. The molecule has 1 aliphatic heterocycles. The highest BCUT2D eigenvalue weighted by Gasteiger charge is 2.22. The molecular formula is C23H19BrNO6+. The number of fused-ring (bicyclic) bond motifs is 2. The van der Waals surface area contributed by atoms with Gasteiger partial charge in [-0.2, -0.15) is 0 Å². The highest BCUT2D eigenvalue weighted by molar-refractivity contribution is 9.10. The molecule has 8 heteroatoms. The lowest BCUT2D eigenvalue weighted by Crippen LogP contribution is -3.12. The predicted octanol–water partition coefficient (Wildman–Crippen LogP) is 2.45. The number of nitrogens with one attached hydrogen (secondary N) is 1. The van der Waals surface area contributed by atoms with Gasteiger partial charge in [-0.15, -0.1) is 0 Å². The predicted molar refractivity (Wildman–Crippen MR) is 119 cm³/mol. The molecule has 5 rings (SSSR count). The van der Waals surface area contributed by atoms with E-state index in [0.717, 1.165) is 22.9 Å². The van der Waals surface area contributed by atoms with Crippen LogP contribution < -0.4 is 16.2 Å². The summed E-state index contributed by atoms with van der Waals surface area (Å²) in [4.78, 5) is 26.4. The van der Waals surface area contributed by atoms with Gasteiger partial charge in [-0.05, 0) is 36.4 Å². The molecule has 1 saturated heterocycles. The first-order chi connectivity index (χ1) is 15.0. The van der Waals surface area contributed by atoms with Gasteiger partial charge in [0.15, 0.2) is 5.58 Å². The van der Waals surface area contributed by atoms with Gasteiger partial charge in [0, 0.05) is 26.9 Å². The summed E-state index contributed by atoms with van der Waals surface area (Å²) < 4.78 is 17.3. The molecule has 0 amide bonds. The lowest BCUT2D eigenvalue weighted by Gasteiger charge is -2.24. The summed E-state index contributed by atoms with van der Waals surface area (Å²) in [5.41, 5.74) is 0.823. The zero-order valence-corrected chi connectivity index (χ0v) is 18.0. The number of phenols is 1. The number of quaternary nitrogens is 1. The summed E-state index contributed by atoms with van der Waals surface area (Å²) in [6.45, 7) is 3.36. The van der Waals surface area contributed by atoms with Crippen molar-refractivity contribution in [2.24, 2.45) is 0 Å². The molecule has 7 nitrogen and oxygen atoms in total. The SMILES string of the molecule is O=c1cc(-c2cc3cc(Br)ccc3oc2=O)c2ccc(O)c(C[NH+]3CCOCC3)c2o1. The molecule has 0 saturated carbocycles. The molecule has 0 aliphatic carbocycles. The van der Waals surface area contributed by atoms with Crippen LogP contribution in [0.2, 0.25) is 0 Å². The van der Waals surface area contributed by atoms with Gasteiger partial charge >= 0.3 is 11.3 Å². The van der Waals surface area contributed by atoms with E-state index in [2.05, 4.69) is 15.9 Å². The van der Waals surface area contributed by atoms with Crippen LogP contribution in [0, 0.1) is 0 Å². The molecule has 0 bridgehead atoms. The van der Waals surface area contributed by atoms with Gasteiger partial charge in [-0.3, -0.25) is 0 Å². The van der Waals surface area contributed by atoms with Gasteiger partial charge in [-0.1, -0.05) is 15.9 Å². The normalized spacial score (nSPS) is 15.0. The topological polar surface area (TPSA) is 94.3 Å². The lowest BCUT2D eigenvalue weighted by atomic mass is 9.99. The maximum atomic E-state index is 12.8. The molecule has 2 aromatic heterocycles. The van der Waals surface area contributed by atoms with E-state index >= 15 is 0 Å². The molecule has 0 unspecified atom stereocenters. The molecule has 0 radical (unpaired) electrons. The van der Waals surface area contributed by atoms with Crippen LogP contribution in [0.3, 0.4) is 0 Å². The van der Waals surface area contributed by atoms with Gasteiger partial charge in [0.25, 0.3) is 0 Å². The first kappa shape index (κ1) is 20.0. The average molecular weight is 485 g/mol. The molecule has 1 aliphatic rings. The van der Waals surface area contributed by atoms with E-state index in [9.17, 15) is 14.7 Å². The first-order valence-electron chi connectivity index (χ1n) is 9.93. The van der Waals surface area contributed by atoms with Crippen molar-refractivity contribution in [3.8, 4) is 16.9 Å². The summed E-state index contributed by atoms with van der Waals surface area (Å²) >= 11 is 3.42. The van der Waals surface area contributed by atoms with Crippen molar-refractivity contribution in [1.82, 2.24) is 0 Å². The number of halogens is 1. The number of aromatic hydroxyl groups is 1. The monoisotopic (exact) mass is 484 g/mol. The standard InChI is InChI=1S/C23H18BrNO6/c24-14-1-4-20-13(9-14)10-17(23(28)30-20)16-11-21(27)31-22-15(16)2-3-19(26)18(22)12-25-5-7-29-8-6-25/h1-4,9-11,26H,5-8,12H2/p+1. The molecule has 1 fully saturated rings. The van der Waals surface area contributed by atoms with Gasteiger partial charge < -0.3 is 23.6 Å². The zero-order chi connectivity index (χ0) is 21.5. The van der Waals surface area contributed by atoms with Crippen molar-refractivity contribution in [3.63, 3.8) is 0 Å². The first-order valence-corrected chi connectivity index (χ1v) is 10.7. The van der Waals surface area contributed by atoms with Crippen LogP contribution in [0.15, 0.2) is 65.4 Å². The van der Waals surface area contributed by atoms with Gasteiger partial charge in [0.1, 0.15) is 31.0 Å². The second kappa shape index (κ2) is 7.96. The van der Waals surface area contributed by atoms with E-state index in [-0.39, 0.29) is 16.9 Å². The molecule has 0 atom stereocenters. The second-order valence-corrected chi connectivity index (χ2v) is 8.50. The minimum Gasteiger partial charge on any atom is -0.507 e. The van der Waals surface area contributed by atoms with Crippen LogP contribution in [-0.4, -0.2) is 31.4 Å². The van der Waals surface area contributed by atoms with Crippen LogP contribution in [0.1, 0.15) is 5.56 Å². The molecule has 2 N–H and O–H groups in total. The Balaban J connectivity index is 1.72. The zero-order valence-electron chi connectivity index (χ0n) is 16.4. The minimum absolute atomic E-state index is 0.0567. The summed E-state index contributed by atoms with van der Waals surface area (Å²) in [7, 11) is 0. The van der Waals surface area contributed by atoms with Crippen molar-refractivity contribution in [2.45, 2.75) is 6.54 Å². The van der Waals surface area contributed by atoms with E-state index in [1.165, 1.54) is 11.0 Å². The van der Waals surface area contributed by atoms with Crippen molar-refractivity contribution >= 4 is 37.9 Å². The van der Waals surface area contributed by atoms with E-state index in [4.69, 9.17) is 13.6 Å². The maximum Gasteiger partial charge on any atom is 0.344 e. The summed E-state index contributed by atoms with van der Waals surface area (Å²) in [6.07, 6.45) is 0. The van der Waals surface area contributed by atoms with Crippen molar-refractivity contribution in [2.75, 3.05) is 26.3 Å². The number of hydrogen-bond donors (Lipinski definition) is 2. The fraction of sp³-hybridized carbons (Fsp3) is 0.217. The Bertz CT molecular complexity index is 1420. The van der Waals surface area contributed by atoms with Crippen LogP contribution in [0.5, 0.6) is 5.75 Å².